The first-order valence-corrected chi connectivity index (χ1v) is 4.06. The second kappa shape index (κ2) is 4.41. The molecule has 1 atom stereocenters. The summed E-state index contributed by atoms with van der Waals surface area (Å²) < 4.78 is 4.95. The van der Waals surface area contributed by atoms with E-state index in [1.165, 1.54) is 25.3 Å². The first-order chi connectivity index (χ1) is 6.61. The summed E-state index contributed by atoms with van der Waals surface area (Å²) in [5, 5.41) is 8.67. The van der Waals surface area contributed by atoms with Crippen LogP contribution in [0.15, 0.2) is 28.9 Å². The molecular weight excluding hydrogens is 184 g/mol. The van der Waals surface area contributed by atoms with Crippen LogP contribution in [0.25, 0.3) is 6.08 Å². The quantitative estimate of drug-likeness (QED) is 0.739. The monoisotopic (exact) mass is 194 g/mol. The van der Waals surface area contributed by atoms with Gasteiger partial charge in [0.05, 0.1) is 6.26 Å². The van der Waals surface area contributed by atoms with E-state index in [1.54, 1.807) is 12.1 Å². The second-order valence-electron chi connectivity index (χ2n) is 2.80. The molecule has 1 rings (SSSR count). The fourth-order valence-electron chi connectivity index (χ4n) is 0.969. The molecule has 14 heavy (non-hydrogen) atoms. The van der Waals surface area contributed by atoms with Gasteiger partial charge < -0.3 is 9.52 Å². The zero-order chi connectivity index (χ0) is 10.6. The minimum absolute atomic E-state index is 0.402. The first-order valence-electron chi connectivity index (χ1n) is 4.06. The lowest BCUT2D eigenvalue weighted by atomic mass is 10.1. The van der Waals surface area contributed by atoms with E-state index in [0.29, 0.717) is 5.76 Å². The van der Waals surface area contributed by atoms with Crippen molar-refractivity contribution in [1.29, 1.82) is 0 Å². The van der Waals surface area contributed by atoms with E-state index in [0.717, 1.165) is 0 Å². The fourth-order valence-corrected chi connectivity index (χ4v) is 0.969. The van der Waals surface area contributed by atoms with Crippen molar-refractivity contribution in [3.8, 4) is 0 Å². The van der Waals surface area contributed by atoms with Gasteiger partial charge in [-0.25, -0.2) is 0 Å². The lowest BCUT2D eigenvalue weighted by Gasteiger charge is -2.00. The van der Waals surface area contributed by atoms with Crippen LogP contribution in [-0.2, 0) is 9.59 Å². The van der Waals surface area contributed by atoms with E-state index >= 15 is 0 Å². The van der Waals surface area contributed by atoms with Crippen molar-refractivity contribution in [3.05, 3.63) is 30.2 Å². The summed E-state index contributed by atoms with van der Waals surface area (Å²) in [6, 6.07) is 3.36. The summed E-state index contributed by atoms with van der Waals surface area (Å²) in [5.41, 5.74) is 0. The van der Waals surface area contributed by atoms with Gasteiger partial charge >= 0.3 is 5.97 Å². The van der Waals surface area contributed by atoms with Crippen molar-refractivity contribution in [2.45, 2.75) is 6.92 Å². The van der Waals surface area contributed by atoms with E-state index in [9.17, 15) is 9.59 Å². The molecule has 0 amide bonds. The summed E-state index contributed by atoms with van der Waals surface area (Å²) >= 11 is 0. The van der Waals surface area contributed by atoms with Crippen LogP contribution in [0, 0.1) is 5.92 Å². The molecule has 0 saturated carbocycles. The van der Waals surface area contributed by atoms with Crippen LogP contribution in [0.4, 0.5) is 0 Å². The molecule has 0 radical (unpaired) electrons. The summed E-state index contributed by atoms with van der Waals surface area (Å²) in [7, 11) is 0. The Kier molecular flexibility index (Phi) is 3.23. The average Bonchev–Trinajstić information content (AvgIpc) is 2.55. The summed E-state index contributed by atoms with van der Waals surface area (Å²) in [6.07, 6.45) is 4.26. The Hall–Kier alpha value is -1.84. The molecule has 74 valence electrons. The minimum Gasteiger partial charge on any atom is -0.480 e. The van der Waals surface area contributed by atoms with Crippen LogP contribution >= 0.6 is 0 Å². The van der Waals surface area contributed by atoms with Crippen LogP contribution in [0.1, 0.15) is 12.7 Å². The third-order valence-corrected chi connectivity index (χ3v) is 1.70. The molecule has 4 nitrogen and oxygen atoms in total. The van der Waals surface area contributed by atoms with E-state index in [1.807, 2.05) is 0 Å². The molecule has 1 N–H and O–H groups in total. The van der Waals surface area contributed by atoms with E-state index in [4.69, 9.17) is 9.52 Å². The van der Waals surface area contributed by atoms with Gasteiger partial charge in [-0.3, -0.25) is 9.59 Å². The van der Waals surface area contributed by atoms with Gasteiger partial charge in [0.15, 0.2) is 0 Å². The smallest absolute Gasteiger partial charge is 0.317 e. The fraction of sp³-hybridized carbons (Fsp3) is 0.200. The van der Waals surface area contributed by atoms with Gasteiger partial charge in [-0.15, -0.1) is 0 Å². The molecule has 4 heteroatoms. The molecule has 0 spiro atoms. The highest BCUT2D eigenvalue weighted by Gasteiger charge is 2.18. The highest BCUT2D eigenvalue weighted by molar-refractivity contribution is 5.99. The van der Waals surface area contributed by atoms with Crippen LogP contribution in [0.5, 0.6) is 0 Å². The van der Waals surface area contributed by atoms with E-state index < -0.39 is 17.7 Å². The molecule has 0 bridgehead atoms. The van der Waals surface area contributed by atoms with Gasteiger partial charge in [0.25, 0.3) is 0 Å². The Morgan fingerprint density at radius 2 is 2.29 bits per heavy atom. The molecule has 1 heterocycles. The second-order valence-corrected chi connectivity index (χ2v) is 2.80. The summed E-state index contributed by atoms with van der Waals surface area (Å²) in [5.74, 6) is -2.13. The molecule has 1 aromatic rings. The largest absolute Gasteiger partial charge is 0.480 e. The maximum absolute atomic E-state index is 10.9. The van der Waals surface area contributed by atoms with Gasteiger partial charge in [-0.2, -0.15) is 0 Å². The summed E-state index contributed by atoms with van der Waals surface area (Å²) in [4.78, 5) is 21.5. The minimum atomic E-state index is -1.15. The lowest BCUT2D eigenvalue weighted by molar-refractivity contribution is -0.143. The molecule has 1 unspecified atom stereocenters. The molecular formula is C10H10O4. The summed E-state index contributed by atoms with van der Waals surface area (Å²) in [6.45, 7) is 1.24. The third kappa shape index (κ3) is 2.58. The maximum atomic E-state index is 10.9. The zero-order valence-electron chi connectivity index (χ0n) is 7.64. The number of carboxylic acid groups (broad SMARTS) is 1. The van der Waals surface area contributed by atoms with Gasteiger partial charge in [-0.05, 0) is 25.1 Å². The molecule has 0 aliphatic carbocycles. The van der Waals surface area contributed by atoms with Crippen molar-refractivity contribution < 1.29 is 19.1 Å². The highest BCUT2D eigenvalue weighted by Crippen LogP contribution is 2.07. The normalized spacial score (nSPS) is 12.9. The third-order valence-electron chi connectivity index (χ3n) is 1.70. The highest BCUT2D eigenvalue weighted by atomic mass is 16.4. The number of hydrogen-bond donors (Lipinski definition) is 1. The molecule has 0 aliphatic rings. The Morgan fingerprint density at radius 1 is 1.57 bits per heavy atom. The predicted molar refractivity (Wildman–Crippen MR) is 49.5 cm³/mol. The van der Waals surface area contributed by atoms with Gasteiger partial charge in [0, 0.05) is 0 Å². The SMILES string of the molecule is CC(=O)C(C=Cc1ccco1)C(=O)O. The number of carbonyl (C=O) groups excluding carboxylic acids is 1. The van der Waals surface area contributed by atoms with E-state index in [-0.39, 0.29) is 0 Å². The van der Waals surface area contributed by atoms with E-state index in [2.05, 4.69) is 0 Å². The Balaban J connectivity index is 2.74. The van der Waals surface area contributed by atoms with Gasteiger partial charge in [0.2, 0.25) is 0 Å². The van der Waals surface area contributed by atoms with Gasteiger partial charge in [0.1, 0.15) is 17.5 Å². The Morgan fingerprint density at radius 3 is 2.71 bits per heavy atom. The predicted octanol–water partition coefficient (Wildman–Crippen LogP) is 1.58. The average molecular weight is 194 g/mol. The van der Waals surface area contributed by atoms with Crippen molar-refractivity contribution >= 4 is 17.8 Å². The van der Waals surface area contributed by atoms with Crippen molar-refractivity contribution in [3.63, 3.8) is 0 Å². The van der Waals surface area contributed by atoms with Crippen molar-refractivity contribution in [2.75, 3.05) is 0 Å². The first kappa shape index (κ1) is 10.2. The molecule has 0 aromatic carbocycles. The molecule has 0 aliphatic heterocycles. The van der Waals surface area contributed by atoms with Crippen molar-refractivity contribution in [2.24, 2.45) is 5.92 Å². The Labute approximate surface area is 80.8 Å². The van der Waals surface area contributed by atoms with Crippen LogP contribution in [0.2, 0.25) is 0 Å². The van der Waals surface area contributed by atoms with Gasteiger partial charge in [-0.1, -0.05) is 6.08 Å². The number of aliphatic carboxylic acids is 1. The molecule has 0 fully saturated rings. The lowest BCUT2D eigenvalue weighted by Crippen LogP contribution is -2.18. The Bertz CT molecular complexity index is 334. The topological polar surface area (TPSA) is 67.5 Å². The maximum Gasteiger partial charge on any atom is 0.317 e. The zero-order valence-corrected chi connectivity index (χ0v) is 7.64. The number of carbonyl (C=O) groups is 2. The van der Waals surface area contributed by atoms with Crippen molar-refractivity contribution in [1.82, 2.24) is 0 Å². The number of hydrogen-bond acceptors (Lipinski definition) is 3. The van der Waals surface area contributed by atoms with Crippen LogP contribution in [-0.4, -0.2) is 16.9 Å². The number of carboxylic acids is 1. The standard InChI is InChI=1S/C10H10O4/c1-7(11)9(10(12)13)5-4-8-3-2-6-14-8/h2-6,9H,1H3,(H,12,13). The molecule has 0 saturated heterocycles. The van der Waals surface area contributed by atoms with Crippen LogP contribution < -0.4 is 0 Å². The number of Topliss-reactive ketones (excluding diaryl/α,β-unsaturated/α-hetero) is 1. The number of ketones is 1. The number of furan rings is 1. The van der Waals surface area contributed by atoms with Crippen LogP contribution in [0.3, 0.4) is 0 Å². The molecule has 1 aromatic heterocycles. The number of rotatable bonds is 4.